The molecule has 0 atom stereocenters. The van der Waals surface area contributed by atoms with E-state index in [0.29, 0.717) is 0 Å². The summed E-state index contributed by atoms with van der Waals surface area (Å²) in [5, 5.41) is 13.1. The lowest BCUT2D eigenvalue weighted by Gasteiger charge is -2.25. The topological polar surface area (TPSA) is 0 Å². The molecular formula is C62H44. The van der Waals surface area contributed by atoms with Crippen LogP contribution in [-0.4, -0.2) is 0 Å². The van der Waals surface area contributed by atoms with Crippen LogP contribution in [0.3, 0.4) is 0 Å². The summed E-state index contributed by atoms with van der Waals surface area (Å²) in [5.74, 6) is 0. The zero-order chi connectivity index (χ0) is 41.5. The van der Waals surface area contributed by atoms with E-state index in [0.717, 1.165) is 0 Å². The molecule has 0 unspecified atom stereocenters. The maximum Gasteiger partial charge on any atom is 0.0171 e. The monoisotopic (exact) mass is 788 g/mol. The van der Waals surface area contributed by atoms with Crippen molar-refractivity contribution in [1.82, 2.24) is 0 Å². The smallest absolute Gasteiger partial charge is 0.0171 e. The average Bonchev–Trinajstić information content (AvgIpc) is 3.70. The third kappa shape index (κ3) is 4.73. The molecule has 0 heteroatoms. The molecule has 0 fully saturated rings. The maximum absolute atomic E-state index is 2.48. The Balaban J connectivity index is 0.991. The van der Waals surface area contributed by atoms with Crippen molar-refractivity contribution in [3.05, 3.63) is 216 Å². The molecule has 0 heterocycles. The molecule has 0 bridgehead atoms. The Morgan fingerprint density at radius 1 is 0.258 bits per heavy atom. The third-order valence-electron chi connectivity index (χ3n) is 14.8. The third-order valence-corrected chi connectivity index (χ3v) is 14.8. The molecule has 0 saturated heterocycles. The summed E-state index contributed by atoms with van der Waals surface area (Å²) in [6.07, 6.45) is 0. The van der Waals surface area contributed by atoms with Gasteiger partial charge in [0.25, 0.3) is 0 Å². The molecule has 292 valence electrons. The molecule has 2 aliphatic carbocycles. The molecule has 0 radical (unpaired) electrons. The number of benzene rings is 11. The Labute approximate surface area is 362 Å². The normalized spacial score (nSPS) is 14.4. The van der Waals surface area contributed by atoms with Crippen LogP contribution in [0.15, 0.2) is 194 Å². The molecular weight excluding hydrogens is 745 g/mol. The van der Waals surface area contributed by atoms with E-state index < -0.39 is 0 Å². The predicted octanol–water partition coefficient (Wildman–Crippen LogP) is 17.1. The Morgan fingerprint density at radius 2 is 0.774 bits per heavy atom. The van der Waals surface area contributed by atoms with Crippen molar-refractivity contribution in [3.8, 4) is 55.6 Å². The van der Waals surface area contributed by atoms with Gasteiger partial charge in [-0.15, -0.1) is 0 Å². The van der Waals surface area contributed by atoms with Crippen LogP contribution in [-0.2, 0) is 10.8 Å². The Kier molecular flexibility index (Phi) is 7.23. The van der Waals surface area contributed by atoms with Crippen molar-refractivity contribution in [2.45, 2.75) is 38.5 Å². The van der Waals surface area contributed by atoms with Crippen molar-refractivity contribution in [2.75, 3.05) is 0 Å². The Bertz CT molecular complexity index is 3690. The van der Waals surface area contributed by atoms with Crippen LogP contribution in [0.1, 0.15) is 49.9 Å². The van der Waals surface area contributed by atoms with Gasteiger partial charge in [0.05, 0.1) is 0 Å². The molecule has 62 heavy (non-hydrogen) atoms. The largest absolute Gasteiger partial charge is 0.0619 e. The highest BCUT2D eigenvalue weighted by atomic mass is 14.4. The zero-order valence-corrected chi connectivity index (χ0v) is 35.5. The molecule has 11 aromatic carbocycles. The highest BCUT2D eigenvalue weighted by Gasteiger charge is 2.40. The standard InChI is InChI=1S/C62H44/c1-61(2)54-27-14-13-21-44(54)45-31-30-41(36-55(45)61)57-49-25-11-9-23-47(49)56(48-24-10-12-26-50(48)57)40-18-15-17-38(34-40)39-29-32-51-53(35-39)43-20-7-8-22-46(43)58-52-33-28-37-16-5-6-19-42(37)59(52)62(3,4)60(51)58/h5-36H,1-4H3. The van der Waals surface area contributed by atoms with Gasteiger partial charge in [0.1, 0.15) is 0 Å². The molecule has 11 aromatic rings. The lowest BCUT2D eigenvalue weighted by atomic mass is 9.77. The van der Waals surface area contributed by atoms with E-state index in [2.05, 4.69) is 222 Å². The van der Waals surface area contributed by atoms with Gasteiger partial charge in [0.15, 0.2) is 0 Å². The van der Waals surface area contributed by atoms with Gasteiger partial charge < -0.3 is 0 Å². The lowest BCUT2D eigenvalue weighted by molar-refractivity contribution is 0.660. The van der Waals surface area contributed by atoms with Crippen LogP contribution >= 0.6 is 0 Å². The first-order chi connectivity index (χ1) is 30.3. The molecule has 0 spiro atoms. The predicted molar refractivity (Wildman–Crippen MR) is 265 cm³/mol. The van der Waals surface area contributed by atoms with Gasteiger partial charge in [-0.3, -0.25) is 0 Å². The molecule has 0 aromatic heterocycles. The average molecular weight is 789 g/mol. The summed E-state index contributed by atoms with van der Waals surface area (Å²) in [6, 6.07) is 73.4. The van der Waals surface area contributed by atoms with Crippen LogP contribution in [0.4, 0.5) is 0 Å². The van der Waals surface area contributed by atoms with Gasteiger partial charge in [-0.1, -0.05) is 204 Å². The summed E-state index contributed by atoms with van der Waals surface area (Å²) in [4.78, 5) is 0. The lowest BCUT2D eigenvalue weighted by Crippen LogP contribution is -2.16. The van der Waals surface area contributed by atoms with E-state index >= 15 is 0 Å². The van der Waals surface area contributed by atoms with Gasteiger partial charge in [-0.2, -0.15) is 0 Å². The van der Waals surface area contributed by atoms with Gasteiger partial charge in [0.2, 0.25) is 0 Å². The fraction of sp³-hybridized carbons (Fsp3) is 0.0968. The Hall–Kier alpha value is -7.28. The fourth-order valence-electron chi connectivity index (χ4n) is 12.0. The van der Waals surface area contributed by atoms with E-state index in [1.165, 1.54) is 132 Å². The van der Waals surface area contributed by atoms with Crippen molar-refractivity contribution in [3.63, 3.8) is 0 Å². The van der Waals surface area contributed by atoms with Crippen molar-refractivity contribution >= 4 is 53.9 Å². The van der Waals surface area contributed by atoms with Crippen molar-refractivity contribution < 1.29 is 0 Å². The number of fused-ring (bicyclic) bond motifs is 15. The first-order valence-electron chi connectivity index (χ1n) is 22.1. The minimum atomic E-state index is -0.162. The molecule has 0 aliphatic heterocycles. The highest BCUT2D eigenvalue weighted by Crippen LogP contribution is 2.57. The molecule has 0 saturated carbocycles. The van der Waals surface area contributed by atoms with Crippen molar-refractivity contribution in [2.24, 2.45) is 0 Å². The van der Waals surface area contributed by atoms with Crippen LogP contribution in [0.2, 0.25) is 0 Å². The van der Waals surface area contributed by atoms with Gasteiger partial charge >= 0.3 is 0 Å². The van der Waals surface area contributed by atoms with Crippen LogP contribution in [0.25, 0.3) is 109 Å². The zero-order valence-electron chi connectivity index (χ0n) is 35.5. The van der Waals surface area contributed by atoms with Crippen LogP contribution in [0.5, 0.6) is 0 Å². The second kappa shape index (κ2) is 12.6. The second-order valence-electron chi connectivity index (χ2n) is 18.7. The Morgan fingerprint density at radius 3 is 1.48 bits per heavy atom. The molecule has 13 rings (SSSR count). The van der Waals surface area contributed by atoms with Crippen molar-refractivity contribution in [1.29, 1.82) is 0 Å². The summed E-state index contributed by atoms with van der Waals surface area (Å²) in [5.41, 5.74) is 18.5. The fourth-order valence-corrected chi connectivity index (χ4v) is 12.0. The molecule has 2 aliphatic rings. The second-order valence-corrected chi connectivity index (χ2v) is 18.7. The van der Waals surface area contributed by atoms with Gasteiger partial charge in [0, 0.05) is 10.8 Å². The first-order valence-corrected chi connectivity index (χ1v) is 22.1. The molecule has 0 amide bonds. The van der Waals surface area contributed by atoms with Gasteiger partial charge in [-0.05, 0) is 150 Å². The SMILES string of the molecule is CC1(C)c2ccccc2-c2ccc(-c3c4ccccc4c(-c4cccc(-c5ccc6c7c(c8ccccc8c6c5)-c5ccc6ccccc6c5C7(C)C)c4)c4ccccc34)cc21. The number of rotatable bonds is 3. The molecule has 0 nitrogen and oxygen atoms in total. The number of hydrogen-bond donors (Lipinski definition) is 0. The summed E-state index contributed by atoms with van der Waals surface area (Å²) in [7, 11) is 0. The molecule has 0 N–H and O–H groups in total. The van der Waals surface area contributed by atoms with Crippen LogP contribution < -0.4 is 0 Å². The van der Waals surface area contributed by atoms with E-state index in [1.807, 2.05) is 0 Å². The van der Waals surface area contributed by atoms with E-state index in [9.17, 15) is 0 Å². The highest BCUT2D eigenvalue weighted by molar-refractivity contribution is 6.22. The summed E-state index contributed by atoms with van der Waals surface area (Å²) in [6.45, 7) is 9.61. The number of hydrogen-bond acceptors (Lipinski definition) is 0. The van der Waals surface area contributed by atoms with E-state index in [-0.39, 0.29) is 10.8 Å². The summed E-state index contributed by atoms with van der Waals surface area (Å²) < 4.78 is 0. The van der Waals surface area contributed by atoms with E-state index in [4.69, 9.17) is 0 Å². The minimum Gasteiger partial charge on any atom is -0.0619 e. The quantitative estimate of drug-likeness (QED) is 0.124. The van der Waals surface area contributed by atoms with Crippen LogP contribution in [0, 0.1) is 0 Å². The minimum absolute atomic E-state index is 0.0703. The van der Waals surface area contributed by atoms with Gasteiger partial charge in [-0.25, -0.2) is 0 Å². The summed E-state index contributed by atoms with van der Waals surface area (Å²) >= 11 is 0. The van der Waals surface area contributed by atoms with E-state index in [1.54, 1.807) is 0 Å². The first kappa shape index (κ1) is 35.5. The maximum atomic E-state index is 2.48.